The number of carbonyl (C=O) groups excluding carboxylic acids is 2. The van der Waals surface area contributed by atoms with Crippen LogP contribution in [0.2, 0.25) is 0 Å². The van der Waals surface area contributed by atoms with E-state index >= 15 is 0 Å². The molecule has 0 radical (unpaired) electrons. The lowest BCUT2D eigenvalue weighted by Crippen LogP contribution is -3.10. The molecule has 1 aromatic rings. The Hall–Kier alpha value is -1.97. The maximum Gasteiger partial charge on any atom is 0.250 e. The monoisotopic (exact) mass is 409 g/mol. The number of nitrogens with one attached hydrogen (secondary N) is 2. The molecule has 0 bridgehead atoms. The zero-order valence-corrected chi connectivity index (χ0v) is 16.8. The van der Waals surface area contributed by atoms with Crippen LogP contribution in [0.1, 0.15) is 36.0 Å². The number of carbonyl (C=O) groups is 2. The number of benzene rings is 1. The van der Waals surface area contributed by atoms with Crippen molar-refractivity contribution in [2.75, 3.05) is 39.3 Å². The molecule has 154 valence electrons. The van der Waals surface area contributed by atoms with Crippen molar-refractivity contribution < 1.29 is 22.9 Å². The number of hydrogen-bond donors (Lipinski definition) is 3. The molecule has 2 heterocycles. The van der Waals surface area contributed by atoms with Crippen molar-refractivity contribution in [1.29, 1.82) is 0 Å². The van der Waals surface area contributed by atoms with Gasteiger partial charge in [-0.2, -0.15) is 4.31 Å². The van der Waals surface area contributed by atoms with E-state index in [0.717, 1.165) is 6.54 Å². The number of rotatable bonds is 7. The maximum absolute atomic E-state index is 12.9. The van der Waals surface area contributed by atoms with Gasteiger partial charge in [0.25, 0.3) is 0 Å². The van der Waals surface area contributed by atoms with Crippen LogP contribution in [0.25, 0.3) is 0 Å². The predicted molar refractivity (Wildman–Crippen MR) is 104 cm³/mol. The van der Waals surface area contributed by atoms with E-state index in [1.54, 1.807) is 12.1 Å². The molecule has 2 aliphatic heterocycles. The summed E-state index contributed by atoms with van der Waals surface area (Å²) in [6.45, 7) is 4.48. The summed E-state index contributed by atoms with van der Waals surface area (Å²) in [6.07, 6.45) is 3.46. The highest BCUT2D eigenvalue weighted by molar-refractivity contribution is 7.89. The van der Waals surface area contributed by atoms with Crippen LogP contribution >= 0.6 is 0 Å². The number of hydrogen-bond acceptors (Lipinski definition) is 4. The molecule has 0 atom stereocenters. The Kier molecular flexibility index (Phi) is 6.69. The molecule has 0 aromatic heterocycles. The average molecular weight is 410 g/mol. The minimum atomic E-state index is -3.82. The number of likely N-dealkylation sites (tertiary alicyclic amines) is 1. The van der Waals surface area contributed by atoms with Gasteiger partial charge >= 0.3 is 0 Å². The van der Waals surface area contributed by atoms with Crippen molar-refractivity contribution in [2.24, 2.45) is 11.7 Å². The highest BCUT2D eigenvalue weighted by Crippen LogP contribution is 2.25. The number of primary amides is 1. The second-order valence-corrected chi connectivity index (χ2v) is 9.44. The van der Waals surface area contributed by atoms with E-state index in [-0.39, 0.29) is 35.4 Å². The lowest BCUT2D eigenvalue weighted by molar-refractivity contribution is -0.886. The van der Waals surface area contributed by atoms with Crippen molar-refractivity contribution in [2.45, 2.75) is 30.6 Å². The minimum Gasteiger partial charge on any atom is -0.366 e. The summed E-state index contributed by atoms with van der Waals surface area (Å²) in [6, 6.07) is 5.97. The van der Waals surface area contributed by atoms with E-state index < -0.39 is 15.9 Å². The first-order valence-corrected chi connectivity index (χ1v) is 11.3. The van der Waals surface area contributed by atoms with Crippen molar-refractivity contribution in [3.8, 4) is 0 Å². The number of amides is 2. The van der Waals surface area contributed by atoms with Crippen LogP contribution in [-0.2, 0) is 14.8 Å². The fraction of sp³-hybridized carbons (Fsp3) is 0.579. The van der Waals surface area contributed by atoms with Gasteiger partial charge in [0.05, 0.1) is 36.6 Å². The molecule has 1 aromatic carbocycles. The first-order chi connectivity index (χ1) is 13.4. The lowest BCUT2D eigenvalue weighted by atomic mass is 9.97. The standard InChI is InChI=1S/C19H28N4O4S/c20-18(24)16-5-1-2-6-17(16)28(26,27)23-12-7-15(8-13-23)19(25)21-9-14-22-10-3-4-11-22/h1-2,5-6,15H,3-4,7-14H2,(H2,20,24)(H,21,25)/p+1. The third-order valence-electron chi connectivity index (χ3n) is 5.68. The van der Waals surface area contributed by atoms with Gasteiger partial charge in [0.1, 0.15) is 0 Å². The maximum atomic E-state index is 12.9. The minimum absolute atomic E-state index is 0.00758. The zero-order chi connectivity index (χ0) is 20.1. The van der Waals surface area contributed by atoms with Gasteiger partial charge in [0, 0.05) is 31.8 Å². The normalized spacial score (nSPS) is 19.6. The second kappa shape index (κ2) is 9.02. The summed E-state index contributed by atoms with van der Waals surface area (Å²) in [5, 5.41) is 3.00. The quantitative estimate of drug-likeness (QED) is 0.535. The molecule has 0 aliphatic carbocycles. The third kappa shape index (κ3) is 4.71. The van der Waals surface area contributed by atoms with E-state index in [1.165, 1.54) is 47.3 Å². The molecule has 0 unspecified atom stereocenters. The van der Waals surface area contributed by atoms with Crippen molar-refractivity contribution in [3.05, 3.63) is 29.8 Å². The van der Waals surface area contributed by atoms with Crippen molar-refractivity contribution >= 4 is 21.8 Å². The molecular weight excluding hydrogens is 380 g/mol. The molecule has 0 saturated carbocycles. The summed E-state index contributed by atoms with van der Waals surface area (Å²) in [5.41, 5.74) is 5.31. The lowest BCUT2D eigenvalue weighted by Gasteiger charge is -2.31. The van der Waals surface area contributed by atoms with Crippen LogP contribution in [0.15, 0.2) is 29.2 Å². The SMILES string of the molecule is NC(=O)c1ccccc1S(=O)(=O)N1CCC(C(=O)NCC[NH+]2CCCC2)CC1. The van der Waals surface area contributed by atoms with Crippen LogP contribution in [-0.4, -0.2) is 63.8 Å². The van der Waals surface area contributed by atoms with Crippen molar-refractivity contribution in [3.63, 3.8) is 0 Å². The summed E-state index contributed by atoms with van der Waals surface area (Å²) in [4.78, 5) is 25.4. The summed E-state index contributed by atoms with van der Waals surface area (Å²) in [7, 11) is -3.82. The third-order valence-corrected chi connectivity index (χ3v) is 7.64. The van der Waals surface area contributed by atoms with E-state index in [1.807, 2.05) is 0 Å². The van der Waals surface area contributed by atoms with Gasteiger partial charge in [-0.1, -0.05) is 12.1 Å². The molecule has 2 fully saturated rings. The van der Waals surface area contributed by atoms with Crippen molar-refractivity contribution in [1.82, 2.24) is 9.62 Å². The zero-order valence-electron chi connectivity index (χ0n) is 16.0. The average Bonchev–Trinajstić information content (AvgIpc) is 3.21. The first-order valence-electron chi connectivity index (χ1n) is 9.90. The number of nitrogens with zero attached hydrogens (tertiary/aromatic N) is 1. The predicted octanol–water partition coefficient (Wildman–Crippen LogP) is -1.02. The van der Waals surface area contributed by atoms with Crippen LogP contribution in [0.4, 0.5) is 0 Å². The summed E-state index contributed by atoms with van der Waals surface area (Å²) >= 11 is 0. The van der Waals surface area contributed by atoms with Gasteiger partial charge in [0.2, 0.25) is 21.8 Å². The number of quaternary nitrogens is 1. The van der Waals surface area contributed by atoms with E-state index in [0.29, 0.717) is 19.4 Å². The molecule has 4 N–H and O–H groups in total. The van der Waals surface area contributed by atoms with E-state index in [2.05, 4.69) is 5.32 Å². The van der Waals surface area contributed by atoms with Gasteiger partial charge in [-0.3, -0.25) is 9.59 Å². The summed E-state index contributed by atoms with van der Waals surface area (Å²) in [5.74, 6) is -0.937. The Morgan fingerprint density at radius 1 is 1.14 bits per heavy atom. The molecule has 3 rings (SSSR count). The topological polar surface area (TPSA) is 114 Å². The highest BCUT2D eigenvalue weighted by atomic mass is 32.2. The largest absolute Gasteiger partial charge is 0.366 e. The molecule has 0 spiro atoms. The van der Waals surface area contributed by atoms with Crippen LogP contribution < -0.4 is 16.0 Å². The smallest absolute Gasteiger partial charge is 0.250 e. The number of piperidine rings is 1. The fourth-order valence-electron chi connectivity index (χ4n) is 4.02. The number of nitrogens with two attached hydrogens (primary N) is 1. The molecule has 2 aliphatic rings. The van der Waals surface area contributed by atoms with Gasteiger partial charge in [-0.15, -0.1) is 0 Å². The Morgan fingerprint density at radius 2 is 1.79 bits per heavy atom. The van der Waals surface area contributed by atoms with Gasteiger partial charge in [-0.25, -0.2) is 8.42 Å². The van der Waals surface area contributed by atoms with E-state index in [4.69, 9.17) is 5.73 Å². The van der Waals surface area contributed by atoms with Crippen LogP contribution in [0, 0.1) is 5.92 Å². The van der Waals surface area contributed by atoms with Gasteiger partial charge in [0.15, 0.2) is 0 Å². The molecular formula is C19H29N4O4S+. The van der Waals surface area contributed by atoms with Crippen LogP contribution in [0.5, 0.6) is 0 Å². The first kappa shape index (κ1) is 20.8. The highest BCUT2D eigenvalue weighted by Gasteiger charge is 2.33. The Labute approximate surface area is 166 Å². The Balaban J connectivity index is 1.54. The second-order valence-electron chi connectivity index (χ2n) is 7.54. The number of sulfonamides is 1. The fourth-order valence-corrected chi connectivity index (χ4v) is 5.69. The molecule has 2 saturated heterocycles. The van der Waals surface area contributed by atoms with Gasteiger partial charge < -0.3 is 16.0 Å². The van der Waals surface area contributed by atoms with Gasteiger partial charge in [-0.05, 0) is 25.0 Å². The van der Waals surface area contributed by atoms with E-state index in [9.17, 15) is 18.0 Å². The Bertz CT molecular complexity index is 813. The Morgan fingerprint density at radius 3 is 2.43 bits per heavy atom. The molecule has 2 amide bonds. The van der Waals surface area contributed by atoms with Crippen LogP contribution in [0.3, 0.4) is 0 Å². The molecule has 9 heteroatoms. The molecule has 28 heavy (non-hydrogen) atoms. The molecule has 8 nitrogen and oxygen atoms in total. The summed E-state index contributed by atoms with van der Waals surface area (Å²) < 4.78 is 27.2.